The van der Waals surface area contributed by atoms with Crippen LogP contribution in [0.1, 0.15) is 35.3 Å². The van der Waals surface area contributed by atoms with E-state index in [0.717, 1.165) is 28.4 Å². The van der Waals surface area contributed by atoms with Crippen LogP contribution in [-0.4, -0.2) is 97.3 Å². The van der Waals surface area contributed by atoms with E-state index < -0.39 is 59.0 Å². The molecule has 0 amide bonds. The lowest BCUT2D eigenvalue weighted by molar-refractivity contribution is -0.0392. The number of aliphatic hydroxyl groups excluding tert-OH is 2. The van der Waals surface area contributed by atoms with Gasteiger partial charge in [-0.15, -0.1) is 13.2 Å². The molecule has 46 heavy (non-hydrogen) atoms. The van der Waals surface area contributed by atoms with Crippen LogP contribution in [0.3, 0.4) is 0 Å². The molecule has 0 bridgehead atoms. The summed E-state index contributed by atoms with van der Waals surface area (Å²) in [5.41, 5.74) is 3.70. The van der Waals surface area contributed by atoms with Crippen LogP contribution < -0.4 is 10.9 Å². The molecular weight excluding hydrogens is 653 g/mol. The zero-order valence-corrected chi connectivity index (χ0v) is 28.0. The number of carbonyl (C=O) groups excluding carboxylic acids is 1. The van der Waals surface area contributed by atoms with Crippen LogP contribution in [0.4, 0.5) is 4.79 Å². The van der Waals surface area contributed by atoms with Crippen molar-refractivity contribution in [3.8, 4) is 11.1 Å². The summed E-state index contributed by atoms with van der Waals surface area (Å²) in [5.74, 6) is -0.823. The van der Waals surface area contributed by atoms with Gasteiger partial charge in [0.2, 0.25) is 0 Å². The minimum atomic E-state index is -4.30. The molecule has 2 aromatic carbocycles. The highest BCUT2D eigenvalue weighted by Crippen LogP contribution is 2.44. The van der Waals surface area contributed by atoms with E-state index in [4.69, 9.17) is 21.7 Å². The summed E-state index contributed by atoms with van der Waals surface area (Å²) < 4.78 is 42.1. The van der Waals surface area contributed by atoms with Crippen molar-refractivity contribution in [3.63, 3.8) is 0 Å². The van der Waals surface area contributed by atoms with Gasteiger partial charge in [-0.3, -0.25) is 14.3 Å². The molecule has 1 aliphatic carbocycles. The second kappa shape index (κ2) is 13.9. The van der Waals surface area contributed by atoms with Crippen molar-refractivity contribution in [2.75, 3.05) is 38.4 Å². The fourth-order valence-electron chi connectivity index (χ4n) is 5.70. The Hall–Kier alpha value is -3.10. The normalized spacial score (nSPS) is 21.1. The number of ether oxygens (including phenoxy) is 2. The molecular formula is C31H38N3O9PS2. The van der Waals surface area contributed by atoms with E-state index in [9.17, 15) is 28.2 Å². The van der Waals surface area contributed by atoms with Gasteiger partial charge in [0.25, 0.3) is 5.56 Å². The molecule has 1 unspecified atom stereocenters. The molecule has 12 nitrogen and oxygen atoms in total. The molecule has 4 atom stereocenters. The van der Waals surface area contributed by atoms with Crippen LogP contribution >= 0.6 is 19.1 Å². The number of fused-ring (bicyclic) bond motifs is 3. The summed E-state index contributed by atoms with van der Waals surface area (Å²) in [6, 6.07) is 15.5. The monoisotopic (exact) mass is 691 g/mol. The molecule has 15 heteroatoms. The zero-order valence-electron chi connectivity index (χ0n) is 25.5. The molecule has 2 aliphatic rings. The second-order valence-electron chi connectivity index (χ2n) is 12.1. The van der Waals surface area contributed by atoms with Gasteiger partial charge in [-0.05, 0) is 60.4 Å². The van der Waals surface area contributed by atoms with Crippen molar-refractivity contribution in [2.24, 2.45) is 0 Å². The molecule has 1 aromatic heterocycles. The van der Waals surface area contributed by atoms with Crippen molar-refractivity contribution >= 4 is 41.7 Å². The first-order chi connectivity index (χ1) is 21.7. The van der Waals surface area contributed by atoms with Crippen LogP contribution in [0.2, 0.25) is 0 Å². The number of nitrogens with zero attached hydrogens (tertiary/aromatic N) is 1. The molecule has 5 rings (SSSR count). The minimum absolute atomic E-state index is 0.00490. The Bertz CT molecular complexity index is 1830. The fourth-order valence-corrected chi connectivity index (χ4v) is 7.63. The average Bonchev–Trinajstić information content (AvgIpc) is 3.46. The SMILES string of the molecule is C=P(C)(C)CC[C@H]1OC(n2cc(CNCCS(=O)(=O)OC(=O)OCC3c4ccccc4-c4ccccc43)c(=O)[nH]c2=S)[C@H](O)[C@@H]1O. The molecule has 1 aliphatic heterocycles. The first-order valence-corrected chi connectivity index (χ1v) is 19.8. The Morgan fingerprint density at radius 3 is 2.37 bits per heavy atom. The van der Waals surface area contributed by atoms with Gasteiger partial charge >= 0.3 is 16.3 Å². The summed E-state index contributed by atoms with van der Waals surface area (Å²) in [6.07, 6.45) is 1.43. The standard InChI is InChI=1S/C31H38N3O9PS2/c1-44(2,3)14-12-25-26(35)27(36)29(42-25)34-17-19(28(37)33-30(34)45)16-32-13-15-46(39,40)43-31(38)41-18-24-22-10-6-4-8-20(22)21-9-5-7-11-23(21)24/h4-11,17,24-27,29,32,35-36H,1,12-16,18H2,2-3H3,(H,33,37,45)/t25-,26-,27-,29?/m1/s1. The molecule has 248 valence electrons. The Balaban J connectivity index is 1.13. The molecule has 4 N–H and O–H groups in total. The van der Waals surface area contributed by atoms with Crippen LogP contribution in [0, 0.1) is 4.77 Å². The highest BCUT2D eigenvalue weighted by atomic mass is 32.2. The zero-order chi connectivity index (χ0) is 33.2. The van der Waals surface area contributed by atoms with Crippen LogP contribution in [-0.2, 0) is 30.3 Å². The number of aliphatic hydroxyl groups is 2. The fraction of sp³-hybridized carbons (Fsp3) is 0.419. The van der Waals surface area contributed by atoms with Crippen molar-refractivity contribution in [3.05, 3.63) is 86.5 Å². The van der Waals surface area contributed by atoms with Gasteiger partial charge in [-0.2, -0.15) is 8.42 Å². The Morgan fingerprint density at radius 1 is 1.11 bits per heavy atom. The number of benzene rings is 2. The first-order valence-electron chi connectivity index (χ1n) is 14.8. The maximum atomic E-state index is 12.6. The Morgan fingerprint density at radius 2 is 1.74 bits per heavy atom. The maximum Gasteiger partial charge on any atom is 0.524 e. The van der Waals surface area contributed by atoms with Crippen molar-refractivity contribution in [1.29, 1.82) is 0 Å². The predicted octanol–water partition coefficient (Wildman–Crippen LogP) is 3.01. The van der Waals surface area contributed by atoms with Crippen molar-refractivity contribution in [2.45, 2.75) is 43.4 Å². The van der Waals surface area contributed by atoms with Crippen LogP contribution in [0.5, 0.6) is 0 Å². The van der Waals surface area contributed by atoms with Gasteiger partial charge in [-0.25, -0.2) is 4.79 Å². The third-order valence-corrected chi connectivity index (χ3v) is 10.9. The van der Waals surface area contributed by atoms with E-state index >= 15 is 0 Å². The molecule has 3 aromatic rings. The number of rotatable bonds is 12. The summed E-state index contributed by atoms with van der Waals surface area (Å²) in [6.45, 7) is 2.45. The molecule has 1 saturated heterocycles. The molecule has 0 radical (unpaired) electrons. The van der Waals surface area contributed by atoms with Crippen LogP contribution in [0.15, 0.2) is 59.5 Å². The number of nitrogens with one attached hydrogen (secondary N) is 2. The first kappa shape index (κ1) is 34.2. The quantitative estimate of drug-likeness (QED) is 0.0725. The van der Waals surface area contributed by atoms with Gasteiger partial charge in [0.15, 0.2) is 11.0 Å². The number of hydrogen-bond acceptors (Lipinski definition) is 11. The van der Waals surface area contributed by atoms with Gasteiger partial charge in [0, 0.05) is 30.8 Å². The van der Waals surface area contributed by atoms with Crippen molar-refractivity contribution < 1.29 is 37.1 Å². The molecule has 1 fully saturated rings. The van der Waals surface area contributed by atoms with Gasteiger partial charge in [-0.1, -0.05) is 48.5 Å². The molecule has 0 saturated carbocycles. The van der Waals surface area contributed by atoms with E-state index in [0.29, 0.717) is 6.42 Å². The van der Waals surface area contributed by atoms with Crippen molar-refractivity contribution in [1.82, 2.24) is 14.9 Å². The number of hydrogen-bond donors (Lipinski definition) is 4. The van der Waals surface area contributed by atoms with E-state index in [1.807, 2.05) is 48.5 Å². The topological polar surface area (TPSA) is 169 Å². The van der Waals surface area contributed by atoms with Crippen LogP contribution in [0.25, 0.3) is 11.1 Å². The number of H-pyrrole nitrogens is 1. The lowest BCUT2D eigenvalue weighted by Crippen LogP contribution is -2.33. The summed E-state index contributed by atoms with van der Waals surface area (Å²) in [4.78, 5) is 27.4. The average molecular weight is 692 g/mol. The highest BCUT2D eigenvalue weighted by molar-refractivity contribution is 7.87. The summed E-state index contributed by atoms with van der Waals surface area (Å²) in [7, 11) is -4.30. The predicted molar refractivity (Wildman–Crippen MR) is 179 cm³/mol. The van der Waals surface area contributed by atoms with Gasteiger partial charge < -0.3 is 29.2 Å². The number of aromatic nitrogens is 2. The van der Waals surface area contributed by atoms with Gasteiger partial charge in [0.1, 0.15) is 18.8 Å². The minimum Gasteiger partial charge on any atom is -0.432 e. The lowest BCUT2D eigenvalue weighted by Gasteiger charge is -2.20. The Kier molecular flexibility index (Phi) is 10.4. The maximum absolute atomic E-state index is 12.6. The van der Waals surface area contributed by atoms with E-state index in [1.54, 1.807) is 0 Å². The van der Waals surface area contributed by atoms with E-state index in [2.05, 4.69) is 34.1 Å². The Labute approximate surface area is 272 Å². The molecule has 0 spiro atoms. The lowest BCUT2D eigenvalue weighted by atomic mass is 9.98. The number of carbonyl (C=O) groups is 1. The smallest absolute Gasteiger partial charge is 0.432 e. The highest BCUT2D eigenvalue weighted by Gasteiger charge is 2.43. The summed E-state index contributed by atoms with van der Waals surface area (Å²) in [5, 5.41) is 24.1. The van der Waals surface area contributed by atoms with E-state index in [1.165, 1.54) is 10.8 Å². The third kappa shape index (κ3) is 7.88. The summed E-state index contributed by atoms with van der Waals surface area (Å²) >= 11 is 5.28. The third-order valence-electron chi connectivity index (χ3n) is 8.04. The number of aromatic amines is 1. The van der Waals surface area contributed by atoms with Gasteiger partial charge in [0.05, 0.1) is 11.9 Å². The largest absolute Gasteiger partial charge is 0.524 e. The van der Waals surface area contributed by atoms with E-state index in [-0.39, 0.29) is 35.9 Å². The molecule has 2 heterocycles. The second-order valence-corrected chi connectivity index (χ2v) is 18.5.